The molecule has 2 aromatic rings. The molecule has 0 saturated carbocycles. The van der Waals surface area contributed by atoms with Gasteiger partial charge >= 0.3 is 0 Å². The fraction of sp³-hybridized carbons (Fsp3) is 0.500. The molecule has 0 unspecified atom stereocenters. The number of nitrogens with two attached hydrogens (primary N) is 1. The first kappa shape index (κ1) is 26.3. The van der Waals surface area contributed by atoms with Gasteiger partial charge in [-0.15, -0.1) is 0 Å². The lowest BCUT2D eigenvalue weighted by atomic mass is 9.73. The fourth-order valence-electron chi connectivity index (χ4n) is 4.33. The number of aliphatic hydroxyl groups is 1. The Labute approximate surface area is 205 Å². The second-order valence-corrected chi connectivity index (χ2v) is 8.62. The van der Waals surface area contributed by atoms with Gasteiger partial charge in [0.15, 0.2) is 5.82 Å². The second kappa shape index (κ2) is 10.3. The van der Waals surface area contributed by atoms with Crippen LogP contribution in [-0.2, 0) is 11.3 Å². The molecule has 2 aliphatic heterocycles. The highest BCUT2D eigenvalue weighted by molar-refractivity contribution is 7.59. The average molecular weight is 508 g/mol. The van der Waals surface area contributed by atoms with Gasteiger partial charge in [-0.3, -0.25) is 0 Å². The van der Waals surface area contributed by atoms with Crippen LogP contribution in [0.3, 0.4) is 0 Å². The van der Waals surface area contributed by atoms with E-state index in [4.69, 9.17) is 33.7 Å². The second-order valence-electron chi connectivity index (χ2n) is 7.83. The number of aromatic nitrogens is 2. The number of piperidine rings is 1. The molecule has 0 radical (unpaired) electrons. The number of hydrogen-bond donors (Lipinski definition) is 3. The minimum atomic E-state index is -0.281. The molecule has 2 fully saturated rings. The molecule has 31 heavy (non-hydrogen) atoms. The van der Waals surface area contributed by atoms with Crippen LogP contribution in [0.5, 0.6) is 5.75 Å². The van der Waals surface area contributed by atoms with Crippen LogP contribution < -0.4 is 10.6 Å². The minimum absolute atomic E-state index is 0. The molecule has 7 nitrogen and oxygen atoms in total. The predicted molar refractivity (Wildman–Crippen MR) is 133 cm³/mol. The van der Waals surface area contributed by atoms with E-state index in [2.05, 4.69) is 14.9 Å². The van der Waals surface area contributed by atoms with Crippen LogP contribution in [0.25, 0.3) is 11.3 Å². The van der Waals surface area contributed by atoms with Crippen molar-refractivity contribution in [1.29, 1.82) is 0 Å². The van der Waals surface area contributed by atoms with E-state index >= 15 is 0 Å². The molecule has 0 amide bonds. The number of nitrogens with zero attached hydrogens (tertiary/aromatic N) is 3. The van der Waals surface area contributed by atoms with Gasteiger partial charge in [-0.2, -0.15) is 27.0 Å². The first-order chi connectivity index (χ1) is 13.9. The standard InChI is InChI=1S/C20H24Cl2N4O3.2H2S/c1-11-18(23)20(10-29-11)4-6-26(7-5-20)19-14(9-27)25-13(8-24-19)16-15(28)3-2-12(21)17(16)22;;/h2-3,8,11,18,27-28H,4-7,9-10,23H2,1H3;2*1H2/t11-,18+;;/m0../s1. The molecule has 1 spiro atoms. The van der Waals surface area contributed by atoms with Gasteiger partial charge in [-0.25, -0.2) is 9.97 Å². The van der Waals surface area contributed by atoms with E-state index in [0.29, 0.717) is 34.4 Å². The van der Waals surface area contributed by atoms with E-state index in [1.807, 2.05) is 6.92 Å². The van der Waals surface area contributed by atoms with Crippen LogP contribution >= 0.6 is 50.2 Å². The number of phenols is 1. The molecule has 4 rings (SSSR count). The zero-order valence-electron chi connectivity index (χ0n) is 17.1. The summed E-state index contributed by atoms with van der Waals surface area (Å²) in [7, 11) is 0. The van der Waals surface area contributed by atoms with Crippen molar-refractivity contribution < 1.29 is 14.9 Å². The van der Waals surface area contributed by atoms with E-state index < -0.39 is 0 Å². The number of rotatable bonds is 3. The van der Waals surface area contributed by atoms with Crippen LogP contribution in [-0.4, -0.2) is 52.0 Å². The maximum Gasteiger partial charge on any atom is 0.152 e. The van der Waals surface area contributed by atoms with Gasteiger partial charge in [0.05, 0.1) is 46.8 Å². The number of ether oxygens (including phenoxy) is 1. The smallest absolute Gasteiger partial charge is 0.152 e. The summed E-state index contributed by atoms with van der Waals surface area (Å²) in [4.78, 5) is 11.2. The van der Waals surface area contributed by atoms with Crippen molar-refractivity contribution in [1.82, 2.24) is 9.97 Å². The maximum atomic E-state index is 10.2. The van der Waals surface area contributed by atoms with Crippen LogP contribution in [0.2, 0.25) is 10.0 Å². The molecule has 11 heteroatoms. The highest BCUT2D eigenvalue weighted by Gasteiger charge is 2.47. The van der Waals surface area contributed by atoms with E-state index in [-0.39, 0.29) is 61.9 Å². The molecule has 2 atom stereocenters. The van der Waals surface area contributed by atoms with Crippen molar-refractivity contribution in [3.63, 3.8) is 0 Å². The Bertz CT molecular complexity index is 930. The number of benzene rings is 1. The molecular formula is C20H28Cl2N4O3S2. The summed E-state index contributed by atoms with van der Waals surface area (Å²) < 4.78 is 5.78. The quantitative estimate of drug-likeness (QED) is 0.586. The van der Waals surface area contributed by atoms with Crippen LogP contribution in [0, 0.1) is 5.41 Å². The lowest BCUT2D eigenvalue weighted by Gasteiger charge is -2.41. The van der Waals surface area contributed by atoms with Crippen molar-refractivity contribution in [3.8, 4) is 17.0 Å². The average Bonchev–Trinajstić information content (AvgIpc) is 3.00. The Morgan fingerprint density at radius 2 is 1.94 bits per heavy atom. The molecule has 0 bridgehead atoms. The molecule has 2 saturated heterocycles. The summed E-state index contributed by atoms with van der Waals surface area (Å²) in [5, 5.41) is 20.6. The van der Waals surface area contributed by atoms with Gasteiger partial charge in [0, 0.05) is 24.5 Å². The number of aromatic hydroxyl groups is 1. The highest BCUT2D eigenvalue weighted by atomic mass is 35.5. The van der Waals surface area contributed by atoms with Crippen LogP contribution in [0.4, 0.5) is 5.82 Å². The maximum absolute atomic E-state index is 10.2. The molecule has 2 aliphatic rings. The Balaban J connectivity index is 0.00000171. The SMILES string of the molecule is C[C@@H]1OCC2(CCN(c3ncc(-c4c(O)ccc(Cl)c4Cl)nc3CO)CC2)[C@@H]1N.S.S. The van der Waals surface area contributed by atoms with Crippen molar-refractivity contribution in [2.24, 2.45) is 11.1 Å². The third kappa shape index (κ3) is 4.73. The van der Waals surface area contributed by atoms with Crippen LogP contribution in [0.15, 0.2) is 18.3 Å². The van der Waals surface area contributed by atoms with Gasteiger partial charge in [0.25, 0.3) is 0 Å². The summed E-state index contributed by atoms with van der Waals surface area (Å²) in [6.07, 6.45) is 3.41. The van der Waals surface area contributed by atoms with Gasteiger partial charge in [-0.05, 0) is 31.9 Å². The molecule has 0 aliphatic carbocycles. The first-order valence-corrected chi connectivity index (χ1v) is 10.4. The summed E-state index contributed by atoms with van der Waals surface area (Å²) in [5.41, 5.74) is 7.48. The van der Waals surface area contributed by atoms with E-state index in [1.165, 1.54) is 12.1 Å². The lowest BCUT2D eigenvalue weighted by Crippen LogP contribution is -2.51. The van der Waals surface area contributed by atoms with Crippen molar-refractivity contribution >= 4 is 56.0 Å². The van der Waals surface area contributed by atoms with Gasteiger partial charge in [0.1, 0.15) is 11.4 Å². The lowest BCUT2D eigenvalue weighted by molar-refractivity contribution is 0.0973. The summed E-state index contributed by atoms with van der Waals surface area (Å²) in [5.74, 6) is 0.582. The van der Waals surface area contributed by atoms with Crippen molar-refractivity contribution in [3.05, 3.63) is 34.1 Å². The topological polar surface area (TPSA) is 105 Å². The van der Waals surface area contributed by atoms with E-state index in [1.54, 1.807) is 6.20 Å². The number of aliphatic hydroxyl groups excluding tert-OH is 1. The number of anilines is 1. The Morgan fingerprint density at radius 1 is 1.26 bits per heavy atom. The molecule has 172 valence electrons. The predicted octanol–water partition coefficient (Wildman–Crippen LogP) is 3.21. The summed E-state index contributed by atoms with van der Waals surface area (Å²) in [6, 6.07) is 3.00. The first-order valence-electron chi connectivity index (χ1n) is 9.62. The Morgan fingerprint density at radius 3 is 2.52 bits per heavy atom. The molecule has 1 aromatic heterocycles. The normalized spacial score (nSPS) is 22.2. The molecule has 4 N–H and O–H groups in total. The molecular weight excluding hydrogens is 479 g/mol. The third-order valence-electron chi connectivity index (χ3n) is 6.21. The Kier molecular flexibility index (Phi) is 8.77. The van der Waals surface area contributed by atoms with Crippen LogP contribution in [0.1, 0.15) is 25.5 Å². The largest absolute Gasteiger partial charge is 0.507 e. The number of hydrogen-bond acceptors (Lipinski definition) is 7. The molecule has 1 aromatic carbocycles. The zero-order chi connectivity index (χ0) is 20.8. The monoisotopic (exact) mass is 506 g/mol. The molecule has 3 heterocycles. The highest BCUT2D eigenvalue weighted by Crippen LogP contribution is 2.43. The van der Waals surface area contributed by atoms with Gasteiger partial charge in [-0.1, -0.05) is 23.2 Å². The minimum Gasteiger partial charge on any atom is -0.507 e. The third-order valence-corrected chi connectivity index (χ3v) is 7.01. The van der Waals surface area contributed by atoms with E-state index in [0.717, 1.165) is 25.9 Å². The van der Waals surface area contributed by atoms with Crippen molar-refractivity contribution in [2.75, 3.05) is 24.6 Å². The zero-order valence-corrected chi connectivity index (χ0v) is 20.6. The number of halogens is 2. The summed E-state index contributed by atoms with van der Waals surface area (Å²) in [6.45, 7) is 3.95. The number of phenolic OH excluding ortho intramolecular Hbond substituents is 1. The fourth-order valence-corrected chi connectivity index (χ4v) is 4.75. The van der Waals surface area contributed by atoms with Crippen molar-refractivity contribution in [2.45, 2.75) is 38.5 Å². The summed E-state index contributed by atoms with van der Waals surface area (Å²) >= 11 is 12.3. The van der Waals surface area contributed by atoms with Gasteiger partial charge < -0.3 is 25.6 Å². The van der Waals surface area contributed by atoms with Gasteiger partial charge in [0.2, 0.25) is 0 Å². The Hall–Kier alpha value is -0.940. The van der Waals surface area contributed by atoms with E-state index in [9.17, 15) is 10.2 Å².